The Morgan fingerprint density at radius 3 is 2.44 bits per heavy atom. The molecule has 0 spiro atoms. The Hall–Kier alpha value is -2.90. The quantitative estimate of drug-likeness (QED) is 0.705. The number of anilines is 2. The molecule has 1 fully saturated rings. The summed E-state index contributed by atoms with van der Waals surface area (Å²) in [5.41, 5.74) is 6.48. The molecule has 0 radical (unpaired) electrons. The number of nitrogens with zero attached hydrogens (tertiary/aromatic N) is 2. The van der Waals surface area contributed by atoms with Gasteiger partial charge in [0, 0.05) is 44.6 Å². The number of carbonyl (C=O) groups excluding carboxylic acids is 2. The first-order chi connectivity index (χ1) is 15.4. The van der Waals surface area contributed by atoms with Crippen LogP contribution in [0.15, 0.2) is 36.4 Å². The second-order valence-electron chi connectivity index (χ2n) is 8.76. The first-order valence-electron chi connectivity index (χ1n) is 11.2. The number of benzene rings is 2. The molecule has 1 atom stereocenters. The van der Waals surface area contributed by atoms with Gasteiger partial charge in [0.05, 0.1) is 19.3 Å². The molecule has 0 aromatic heterocycles. The molecule has 2 aromatic rings. The Morgan fingerprint density at radius 1 is 1.00 bits per heavy atom. The fourth-order valence-corrected chi connectivity index (χ4v) is 4.65. The van der Waals surface area contributed by atoms with Gasteiger partial charge in [0.1, 0.15) is 0 Å². The second kappa shape index (κ2) is 9.71. The van der Waals surface area contributed by atoms with Crippen LogP contribution in [-0.2, 0) is 20.7 Å². The average Bonchev–Trinajstić information content (AvgIpc) is 3.14. The highest BCUT2D eigenvalue weighted by Crippen LogP contribution is 2.31. The van der Waals surface area contributed by atoms with Crippen molar-refractivity contribution in [3.05, 3.63) is 58.7 Å². The number of aryl methyl sites for hydroxylation is 2. The maximum atomic E-state index is 12.6. The van der Waals surface area contributed by atoms with Crippen LogP contribution in [0.25, 0.3) is 0 Å². The van der Waals surface area contributed by atoms with Gasteiger partial charge in [-0.05, 0) is 60.7 Å². The van der Waals surface area contributed by atoms with E-state index in [1.54, 1.807) is 0 Å². The van der Waals surface area contributed by atoms with Crippen LogP contribution in [0.5, 0.6) is 0 Å². The molecule has 2 aliphatic rings. The fraction of sp³-hybridized carbons (Fsp3) is 0.440. The van der Waals surface area contributed by atoms with Crippen LogP contribution in [-0.4, -0.2) is 63.2 Å². The normalized spacial score (nSPS) is 17.0. The first kappa shape index (κ1) is 22.3. The van der Waals surface area contributed by atoms with Gasteiger partial charge in [-0.3, -0.25) is 14.5 Å². The summed E-state index contributed by atoms with van der Waals surface area (Å²) in [7, 11) is 2.11. The standard InChI is InChI=1S/C25H32N4O3/c1-17-12-18(2)14-21(13-17)27-25(31)24(30)26-16-23(29-8-10-32-11-9-29)19-4-5-22-20(15-19)6-7-28(22)3/h4-5,12-15,23H,6-11,16H2,1-3H3,(H,26,30)(H,27,31)/t23-/m0/s1. The monoisotopic (exact) mass is 436 g/mol. The van der Waals surface area contributed by atoms with Crippen molar-refractivity contribution in [2.24, 2.45) is 0 Å². The molecule has 7 heteroatoms. The number of hydrogen-bond acceptors (Lipinski definition) is 5. The van der Waals surface area contributed by atoms with Gasteiger partial charge >= 0.3 is 11.8 Å². The molecule has 1 saturated heterocycles. The van der Waals surface area contributed by atoms with Gasteiger partial charge in [-0.15, -0.1) is 0 Å². The molecule has 32 heavy (non-hydrogen) atoms. The number of fused-ring (bicyclic) bond motifs is 1. The zero-order valence-electron chi connectivity index (χ0n) is 19.1. The van der Waals surface area contributed by atoms with Crippen LogP contribution in [0.1, 0.15) is 28.3 Å². The van der Waals surface area contributed by atoms with E-state index >= 15 is 0 Å². The van der Waals surface area contributed by atoms with Crippen molar-refractivity contribution in [1.82, 2.24) is 10.2 Å². The average molecular weight is 437 g/mol. The van der Waals surface area contributed by atoms with Gasteiger partial charge in [-0.1, -0.05) is 18.2 Å². The minimum atomic E-state index is -0.647. The van der Waals surface area contributed by atoms with Crippen LogP contribution in [0.2, 0.25) is 0 Å². The molecule has 4 rings (SSSR count). The maximum absolute atomic E-state index is 12.6. The van der Waals surface area contributed by atoms with Gasteiger partial charge in [0.25, 0.3) is 0 Å². The van der Waals surface area contributed by atoms with Crippen molar-refractivity contribution in [1.29, 1.82) is 0 Å². The lowest BCUT2D eigenvalue weighted by molar-refractivity contribution is -0.136. The molecular formula is C25H32N4O3. The predicted octanol–water partition coefficient (Wildman–Crippen LogP) is 2.42. The van der Waals surface area contributed by atoms with Crippen molar-refractivity contribution >= 4 is 23.2 Å². The second-order valence-corrected chi connectivity index (χ2v) is 8.76. The van der Waals surface area contributed by atoms with Crippen LogP contribution in [0.4, 0.5) is 11.4 Å². The number of amides is 2. The van der Waals surface area contributed by atoms with Gasteiger partial charge in [-0.2, -0.15) is 0 Å². The van der Waals surface area contributed by atoms with Crippen LogP contribution in [0, 0.1) is 13.8 Å². The molecule has 7 nitrogen and oxygen atoms in total. The van der Waals surface area contributed by atoms with Gasteiger partial charge in [-0.25, -0.2) is 0 Å². The van der Waals surface area contributed by atoms with Crippen molar-refractivity contribution in [3.8, 4) is 0 Å². The summed E-state index contributed by atoms with van der Waals surface area (Å²) in [6.07, 6.45) is 1.03. The van der Waals surface area contributed by atoms with Crippen molar-refractivity contribution in [2.75, 3.05) is 56.7 Å². The summed E-state index contributed by atoms with van der Waals surface area (Å²) in [6, 6.07) is 12.3. The summed E-state index contributed by atoms with van der Waals surface area (Å²) in [5, 5.41) is 5.58. The van der Waals surface area contributed by atoms with Gasteiger partial charge < -0.3 is 20.3 Å². The lowest BCUT2D eigenvalue weighted by Gasteiger charge is -2.35. The molecule has 2 amide bonds. The highest BCUT2D eigenvalue weighted by Gasteiger charge is 2.26. The number of ether oxygens (including phenoxy) is 1. The van der Waals surface area contributed by atoms with Crippen molar-refractivity contribution in [3.63, 3.8) is 0 Å². The molecule has 2 aromatic carbocycles. The molecule has 170 valence electrons. The van der Waals surface area contributed by atoms with E-state index in [9.17, 15) is 9.59 Å². The summed E-state index contributed by atoms with van der Waals surface area (Å²) in [5.74, 6) is -1.27. The molecular weight excluding hydrogens is 404 g/mol. The number of likely N-dealkylation sites (N-methyl/N-ethyl adjacent to an activating group) is 1. The summed E-state index contributed by atoms with van der Waals surface area (Å²) < 4.78 is 5.52. The molecule has 0 saturated carbocycles. The largest absolute Gasteiger partial charge is 0.379 e. The Morgan fingerprint density at radius 2 is 1.72 bits per heavy atom. The van der Waals surface area contributed by atoms with Crippen LogP contribution >= 0.6 is 0 Å². The lowest BCUT2D eigenvalue weighted by atomic mass is 10.0. The minimum Gasteiger partial charge on any atom is -0.379 e. The minimum absolute atomic E-state index is 0.00642. The molecule has 2 heterocycles. The Labute approximate surface area is 189 Å². The van der Waals surface area contributed by atoms with Crippen molar-refractivity contribution in [2.45, 2.75) is 26.3 Å². The van der Waals surface area contributed by atoms with E-state index in [0.717, 1.165) is 42.7 Å². The Kier molecular flexibility index (Phi) is 6.77. The highest BCUT2D eigenvalue weighted by atomic mass is 16.5. The topological polar surface area (TPSA) is 73.9 Å². The zero-order valence-corrected chi connectivity index (χ0v) is 19.1. The number of nitrogens with one attached hydrogen (secondary N) is 2. The van der Waals surface area contributed by atoms with Crippen molar-refractivity contribution < 1.29 is 14.3 Å². The molecule has 2 aliphatic heterocycles. The molecule has 0 unspecified atom stereocenters. The fourth-order valence-electron chi connectivity index (χ4n) is 4.65. The number of hydrogen-bond donors (Lipinski definition) is 2. The van der Waals surface area contributed by atoms with Crippen LogP contribution < -0.4 is 15.5 Å². The Bertz CT molecular complexity index is 980. The summed E-state index contributed by atoms with van der Waals surface area (Å²) >= 11 is 0. The smallest absolute Gasteiger partial charge is 0.313 e. The van der Waals surface area contributed by atoms with E-state index in [2.05, 4.69) is 45.7 Å². The third kappa shape index (κ3) is 5.11. The van der Waals surface area contributed by atoms with E-state index < -0.39 is 11.8 Å². The zero-order chi connectivity index (χ0) is 22.7. The van der Waals surface area contributed by atoms with Gasteiger partial charge in [0.2, 0.25) is 0 Å². The SMILES string of the molecule is Cc1cc(C)cc(NC(=O)C(=O)NC[C@@H](c2ccc3c(c2)CCN3C)N2CCOCC2)c1. The maximum Gasteiger partial charge on any atom is 0.313 e. The van der Waals surface area contributed by atoms with E-state index in [1.807, 2.05) is 32.0 Å². The molecule has 0 aliphatic carbocycles. The van der Waals surface area contributed by atoms with E-state index in [4.69, 9.17) is 4.74 Å². The molecule has 0 bridgehead atoms. The number of carbonyl (C=O) groups is 2. The van der Waals surface area contributed by atoms with Gasteiger partial charge in [0.15, 0.2) is 0 Å². The molecule has 2 N–H and O–H groups in total. The third-order valence-electron chi connectivity index (χ3n) is 6.24. The summed E-state index contributed by atoms with van der Waals surface area (Å²) in [6.45, 7) is 8.26. The number of morpholine rings is 1. The van der Waals surface area contributed by atoms with E-state index in [0.29, 0.717) is 25.4 Å². The van der Waals surface area contributed by atoms with E-state index in [1.165, 1.54) is 11.3 Å². The van der Waals surface area contributed by atoms with Crippen LogP contribution in [0.3, 0.4) is 0 Å². The predicted molar refractivity (Wildman–Crippen MR) is 126 cm³/mol. The Balaban J connectivity index is 1.45. The number of rotatable bonds is 5. The van der Waals surface area contributed by atoms with E-state index in [-0.39, 0.29) is 6.04 Å². The highest BCUT2D eigenvalue weighted by molar-refractivity contribution is 6.39. The third-order valence-corrected chi connectivity index (χ3v) is 6.24. The summed E-state index contributed by atoms with van der Waals surface area (Å²) in [4.78, 5) is 29.7. The lowest BCUT2D eigenvalue weighted by Crippen LogP contribution is -2.45. The first-order valence-corrected chi connectivity index (χ1v) is 11.2.